The molecule has 2 N–H and O–H groups in total. The number of aliphatic carboxylic acids is 1. The fourth-order valence-electron chi connectivity index (χ4n) is 1.40. The summed E-state index contributed by atoms with van der Waals surface area (Å²) in [5.41, 5.74) is 0. The average Bonchev–Trinajstić information content (AvgIpc) is 2.14. The molecule has 0 aliphatic carbocycles. The third-order valence-corrected chi connectivity index (χ3v) is 2.38. The standard InChI is InChI=1S/C12H23NO3/c1-9(2)7-8-11(14)13-10(3)5-4-6-12(15)16/h9-10H,4-8H2,1-3H3,(H,13,14)(H,15,16). The van der Waals surface area contributed by atoms with Crippen LogP contribution in [-0.4, -0.2) is 23.0 Å². The Bertz CT molecular complexity index is 226. The topological polar surface area (TPSA) is 66.4 Å². The van der Waals surface area contributed by atoms with Gasteiger partial charge in [-0.2, -0.15) is 0 Å². The number of carboxylic acid groups (broad SMARTS) is 1. The fraction of sp³-hybridized carbons (Fsp3) is 0.833. The van der Waals surface area contributed by atoms with Gasteiger partial charge in [-0.05, 0) is 32.1 Å². The number of carbonyl (C=O) groups is 2. The number of carboxylic acids is 1. The molecular formula is C12H23NO3. The van der Waals surface area contributed by atoms with E-state index >= 15 is 0 Å². The minimum atomic E-state index is -0.779. The van der Waals surface area contributed by atoms with Gasteiger partial charge in [0.2, 0.25) is 5.91 Å². The molecule has 0 spiro atoms. The lowest BCUT2D eigenvalue weighted by Crippen LogP contribution is -2.32. The van der Waals surface area contributed by atoms with Gasteiger partial charge in [-0.3, -0.25) is 9.59 Å². The molecule has 0 aliphatic rings. The SMILES string of the molecule is CC(C)CCC(=O)NC(C)CCCC(=O)O. The van der Waals surface area contributed by atoms with E-state index < -0.39 is 5.97 Å². The van der Waals surface area contributed by atoms with Gasteiger partial charge in [0, 0.05) is 18.9 Å². The van der Waals surface area contributed by atoms with Crippen molar-refractivity contribution in [2.75, 3.05) is 0 Å². The third kappa shape index (κ3) is 9.49. The first-order valence-corrected chi connectivity index (χ1v) is 5.93. The molecule has 0 bridgehead atoms. The third-order valence-electron chi connectivity index (χ3n) is 2.38. The number of carbonyl (C=O) groups excluding carboxylic acids is 1. The summed E-state index contributed by atoms with van der Waals surface area (Å²) < 4.78 is 0. The molecule has 0 aromatic heterocycles. The quantitative estimate of drug-likeness (QED) is 0.670. The van der Waals surface area contributed by atoms with Crippen LogP contribution in [0.1, 0.15) is 52.9 Å². The van der Waals surface area contributed by atoms with Crippen molar-refractivity contribution >= 4 is 11.9 Å². The molecule has 1 amide bonds. The van der Waals surface area contributed by atoms with Crippen LogP contribution >= 0.6 is 0 Å². The minimum absolute atomic E-state index is 0.0662. The Balaban J connectivity index is 3.57. The Kier molecular flexibility index (Phi) is 7.60. The van der Waals surface area contributed by atoms with Crippen LogP contribution in [0.25, 0.3) is 0 Å². The van der Waals surface area contributed by atoms with E-state index in [1.807, 2.05) is 6.92 Å². The first-order valence-electron chi connectivity index (χ1n) is 5.93. The normalized spacial score (nSPS) is 12.5. The van der Waals surface area contributed by atoms with Gasteiger partial charge in [-0.25, -0.2) is 0 Å². The molecule has 1 unspecified atom stereocenters. The highest BCUT2D eigenvalue weighted by atomic mass is 16.4. The van der Waals surface area contributed by atoms with Crippen LogP contribution in [0.15, 0.2) is 0 Å². The van der Waals surface area contributed by atoms with E-state index in [-0.39, 0.29) is 18.4 Å². The Morgan fingerprint density at radius 3 is 2.25 bits per heavy atom. The molecule has 4 heteroatoms. The molecule has 1 atom stereocenters. The summed E-state index contributed by atoms with van der Waals surface area (Å²) in [6.45, 7) is 6.09. The molecule has 0 radical (unpaired) electrons. The summed E-state index contributed by atoms with van der Waals surface area (Å²) in [4.78, 5) is 21.7. The molecule has 0 heterocycles. The van der Waals surface area contributed by atoms with Crippen LogP contribution in [0.4, 0.5) is 0 Å². The zero-order chi connectivity index (χ0) is 12.6. The van der Waals surface area contributed by atoms with Crippen molar-refractivity contribution in [3.63, 3.8) is 0 Å². The van der Waals surface area contributed by atoms with Gasteiger partial charge in [0.05, 0.1) is 0 Å². The Morgan fingerprint density at radius 2 is 1.75 bits per heavy atom. The predicted molar refractivity (Wildman–Crippen MR) is 63.2 cm³/mol. The van der Waals surface area contributed by atoms with Gasteiger partial charge >= 0.3 is 5.97 Å². The molecule has 16 heavy (non-hydrogen) atoms. The van der Waals surface area contributed by atoms with Crippen molar-refractivity contribution in [2.45, 2.75) is 58.9 Å². The van der Waals surface area contributed by atoms with Crippen molar-refractivity contribution < 1.29 is 14.7 Å². The maximum absolute atomic E-state index is 11.4. The highest BCUT2D eigenvalue weighted by Crippen LogP contribution is 2.05. The molecule has 0 aliphatic heterocycles. The predicted octanol–water partition coefficient (Wildman–Crippen LogP) is 2.18. The number of nitrogens with one attached hydrogen (secondary N) is 1. The Labute approximate surface area is 97.4 Å². The lowest BCUT2D eigenvalue weighted by Gasteiger charge is -2.13. The Morgan fingerprint density at radius 1 is 1.12 bits per heavy atom. The van der Waals surface area contributed by atoms with Crippen molar-refractivity contribution in [1.82, 2.24) is 5.32 Å². The molecule has 0 saturated heterocycles. The van der Waals surface area contributed by atoms with E-state index in [0.29, 0.717) is 18.8 Å². The highest BCUT2D eigenvalue weighted by molar-refractivity contribution is 5.76. The second-order valence-electron chi connectivity index (χ2n) is 4.69. The summed E-state index contributed by atoms with van der Waals surface area (Å²) in [6, 6.07) is 0.0685. The monoisotopic (exact) mass is 229 g/mol. The molecule has 0 saturated carbocycles. The average molecular weight is 229 g/mol. The number of amides is 1. The van der Waals surface area contributed by atoms with Gasteiger partial charge in [-0.1, -0.05) is 13.8 Å². The first kappa shape index (κ1) is 14.9. The van der Waals surface area contributed by atoms with Crippen LogP contribution in [0.5, 0.6) is 0 Å². The summed E-state index contributed by atoms with van der Waals surface area (Å²) in [6.07, 6.45) is 2.96. The molecule has 0 fully saturated rings. The van der Waals surface area contributed by atoms with Crippen molar-refractivity contribution in [3.8, 4) is 0 Å². The summed E-state index contributed by atoms with van der Waals surface area (Å²) in [7, 11) is 0. The minimum Gasteiger partial charge on any atom is -0.481 e. The van der Waals surface area contributed by atoms with Gasteiger partial charge in [0.15, 0.2) is 0 Å². The van der Waals surface area contributed by atoms with Gasteiger partial charge in [-0.15, -0.1) is 0 Å². The second-order valence-corrected chi connectivity index (χ2v) is 4.69. The number of hydrogen-bond donors (Lipinski definition) is 2. The molecular weight excluding hydrogens is 206 g/mol. The zero-order valence-electron chi connectivity index (χ0n) is 10.5. The molecule has 4 nitrogen and oxygen atoms in total. The van der Waals surface area contributed by atoms with Crippen molar-refractivity contribution in [3.05, 3.63) is 0 Å². The van der Waals surface area contributed by atoms with E-state index in [1.54, 1.807) is 0 Å². The van der Waals surface area contributed by atoms with E-state index in [1.165, 1.54) is 0 Å². The van der Waals surface area contributed by atoms with Gasteiger partial charge in [0.25, 0.3) is 0 Å². The lowest BCUT2D eigenvalue weighted by atomic mass is 10.1. The van der Waals surface area contributed by atoms with Crippen LogP contribution < -0.4 is 5.32 Å². The van der Waals surface area contributed by atoms with Crippen LogP contribution in [0.2, 0.25) is 0 Å². The molecule has 0 aromatic rings. The first-order chi connectivity index (χ1) is 7.41. The maximum atomic E-state index is 11.4. The van der Waals surface area contributed by atoms with E-state index in [9.17, 15) is 9.59 Å². The number of rotatable bonds is 8. The maximum Gasteiger partial charge on any atom is 0.303 e. The van der Waals surface area contributed by atoms with E-state index in [4.69, 9.17) is 5.11 Å². The summed E-state index contributed by atoms with van der Waals surface area (Å²) >= 11 is 0. The number of hydrogen-bond acceptors (Lipinski definition) is 2. The van der Waals surface area contributed by atoms with Crippen LogP contribution in [0, 0.1) is 5.92 Å². The Hall–Kier alpha value is -1.06. The van der Waals surface area contributed by atoms with E-state index in [2.05, 4.69) is 19.2 Å². The van der Waals surface area contributed by atoms with E-state index in [0.717, 1.165) is 12.8 Å². The van der Waals surface area contributed by atoms with Crippen molar-refractivity contribution in [2.24, 2.45) is 5.92 Å². The van der Waals surface area contributed by atoms with Gasteiger partial charge < -0.3 is 10.4 Å². The summed E-state index contributed by atoms with van der Waals surface area (Å²) in [5, 5.41) is 11.3. The molecule has 0 aromatic carbocycles. The largest absolute Gasteiger partial charge is 0.481 e. The van der Waals surface area contributed by atoms with Gasteiger partial charge in [0.1, 0.15) is 0 Å². The van der Waals surface area contributed by atoms with Crippen LogP contribution in [-0.2, 0) is 9.59 Å². The zero-order valence-corrected chi connectivity index (χ0v) is 10.5. The van der Waals surface area contributed by atoms with Crippen LogP contribution in [0.3, 0.4) is 0 Å². The molecule has 0 rings (SSSR count). The summed E-state index contributed by atoms with van der Waals surface area (Å²) in [5.74, 6) is -0.178. The second kappa shape index (κ2) is 8.13. The fourth-order valence-corrected chi connectivity index (χ4v) is 1.40. The smallest absolute Gasteiger partial charge is 0.303 e. The highest BCUT2D eigenvalue weighted by Gasteiger charge is 2.08. The van der Waals surface area contributed by atoms with Crippen molar-refractivity contribution in [1.29, 1.82) is 0 Å². The lowest BCUT2D eigenvalue weighted by molar-refractivity contribution is -0.137. The molecule has 94 valence electrons.